The van der Waals surface area contributed by atoms with Gasteiger partial charge in [0.1, 0.15) is 11.6 Å². The number of hydrogen-bond acceptors (Lipinski definition) is 4. The van der Waals surface area contributed by atoms with Crippen LogP contribution >= 0.6 is 12.4 Å². The van der Waals surface area contributed by atoms with E-state index in [0.717, 1.165) is 12.1 Å². The molecule has 0 saturated carbocycles. The minimum Gasteiger partial charge on any atom is -0.481 e. The average molecular weight is 329 g/mol. The van der Waals surface area contributed by atoms with Crippen molar-refractivity contribution in [3.8, 4) is 5.88 Å². The number of hydrogen-bond donors (Lipinski definition) is 1. The van der Waals surface area contributed by atoms with Crippen LogP contribution in [0.2, 0.25) is 0 Å². The third-order valence-electron chi connectivity index (χ3n) is 3.02. The molecule has 0 amide bonds. The Morgan fingerprint density at radius 1 is 1.32 bits per heavy atom. The van der Waals surface area contributed by atoms with E-state index in [4.69, 9.17) is 10.5 Å². The van der Waals surface area contributed by atoms with Gasteiger partial charge in [0, 0.05) is 23.9 Å². The third-order valence-corrected chi connectivity index (χ3v) is 3.02. The van der Waals surface area contributed by atoms with Gasteiger partial charge in [-0.2, -0.15) is 0 Å². The lowest BCUT2D eigenvalue weighted by Gasteiger charge is -2.12. The van der Waals surface area contributed by atoms with Crippen LogP contribution < -0.4 is 10.5 Å². The molecule has 1 heterocycles. The molecule has 0 spiro atoms. The first-order valence-corrected chi connectivity index (χ1v) is 6.25. The predicted molar refractivity (Wildman–Crippen MR) is 80.4 cm³/mol. The molecule has 1 atom stereocenters. The molecule has 0 aliphatic carbocycles. The lowest BCUT2D eigenvalue weighted by atomic mass is 9.98. The van der Waals surface area contributed by atoms with Gasteiger partial charge in [-0.3, -0.25) is 4.79 Å². The second-order valence-electron chi connectivity index (χ2n) is 4.50. The molecule has 22 heavy (non-hydrogen) atoms. The molecule has 0 fully saturated rings. The number of halogens is 3. The van der Waals surface area contributed by atoms with E-state index >= 15 is 0 Å². The molecule has 0 aliphatic heterocycles. The second-order valence-corrected chi connectivity index (χ2v) is 4.50. The van der Waals surface area contributed by atoms with E-state index in [-0.39, 0.29) is 30.2 Å². The Balaban J connectivity index is 0.00000242. The van der Waals surface area contributed by atoms with Crippen LogP contribution in [0.1, 0.15) is 15.9 Å². The van der Waals surface area contributed by atoms with E-state index in [9.17, 15) is 13.6 Å². The van der Waals surface area contributed by atoms with Crippen molar-refractivity contribution in [1.82, 2.24) is 4.98 Å². The Hall–Kier alpha value is -2.05. The topological polar surface area (TPSA) is 65.2 Å². The second kappa shape index (κ2) is 7.82. The van der Waals surface area contributed by atoms with E-state index in [0.29, 0.717) is 11.4 Å². The van der Waals surface area contributed by atoms with Crippen LogP contribution in [0.15, 0.2) is 36.5 Å². The number of Topliss-reactive ketones (excluding diaryl/α,β-unsaturated/α-hetero) is 1. The Labute approximate surface area is 132 Å². The molecule has 0 radical (unpaired) electrons. The minimum absolute atomic E-state index is 0. The fourth-order valence-corrected chi connectivity index (χ4v) is 1.91. The number of nitrogens with two attached hydrogens (primary N) is 1. The van der Waals surface area contributed by atoms with E-state index in [2.05, 4.69) is 4.98 Å². The molecule has 2 rings (SSSR count). The highest BCUT2D eigenvalue weighted by Gasteiger charge is 2.18. The highest BCUT2D eigenvalue weighted by molar-refractivity contribution is 6.00. The predicted octanol–water partition coefficient (Wildman–Crippen LogP) is 2.54. The first kappa shape index (κ1) is 18.0. The van der Waals surface area contributed by atoms with Gasteiger partial charge in [-0.25, -0.2) is 13.8 Å². The van der Waals surface area contributed by atoms with Gasteiger partial charge in [-0.15, -0.1) is 12.4 Å². The zero-order chi connectivity index (χ0) is 15.4. The Bertz CT molecular complexity index is 668. The molecule has 1 aromatic carbocycles. The first-order chi connectivity index (χ1) is 10.0. The van der Waals surface area contributed by atoms with Gasteiger partial charge >= 0.3 is 0 Å². The molecular formula is C15H15ClF2N2O2. The van der Waals surface area contributed by atoms with E-state index in [1.165, 1.54) is 31.5 Å². The van der Waals surface area contributed by atoms with Crippen molar-refractivity contribution in [2.24, 2.45) is 5.73 Å². The summed E-state index contributed by atoms with van der Waals surface area (Å²) >= 11 is 0. The summed E-state index contributed by atoms with van der Waals surface area (Å²) in [6, 6.07) is 5.21. The molecule has 0 saturated heterocycles. The molecule has 118 valence electrons. The van der Waals surface area contributed by atoms with Gasteiger partial charge in [-0.05, 0) is 24.1 Å². The molecule has 0 aliphatic rings. The Morgan fingerprint density at radius 2 is 2.05 bits per heavy atom. The zero-order valence-corrected chi connectivity index (χ0v) is 12.6. The monoisotopic (exact) mass is 328 g/mol. The maximum atomic E-state index is 13.6. The third kappa shape index (κ3) is 4.22. The molecule has 2 N–H and O–H groups in total. The lowest BCUT2D eigenvalue weighted by Crippen LogP contribution is -2.33. The highest BCUT2D eigenvalue weighted by atomic mass is 35.5. The normalized spacial score (nSPS) is 11.5. The fraction of sp³-hybridized carbons (Fsp3) is 0.200. The molecule has 1 aromatic heterocycles. The van der Waals surface area contributed by atoms with Crippen molar-refractivity contribution in [2.45, 2.75) is 12.5 Å². The summed E-state index contributed by atoms with van der Waals surface area (Å²) in [6.07, 6.45) is 1.41. The number of methoxy groups -OCH3 is 1. The van der Waals surface area contributed by atoms with Crippen LogP contribution in [0.5, 0.6) is 5.88 Å². The van der Waals surface area contributed by atoms with Gasteiger partial charge in [0.2, 0.25) is 5.88 Å². The van der Waals surface area contributed by atoms with Crippen LogP contribution in [0, 0.1) is 11.6 Å². The van der Waals surface area contributed by atoms with Crippen LogP contribution in [-0.4, -0.2) is 23.9 Å². The van der Waals surface area contributed by atoms with E-state index in [1.54, 1.807) is 0 Å². The van der Waals surface area contributed by atoms with Crippen LogP contribution in [-0.2, 0) is 6.42 Å². The standard InChI is InChI=1S/C15H14F2N2O2.ClH/c1-21-14-7-10(4-5-19-14)15(20)13(18)6-9-2-3-11(16)8-12(9)17;/h2-5,7-8,13H,6,18H2,1H3;1H/t13-;/m0./s1. The maximum absolute atomic E-state index is 13.6. The largest absolute Gasteiger partial charge is 0.481 e. The summed E-state index contributed by atoms with van der Waals surface area (Å²) in [6.45, 7) is 0. The lowest BCUT2D eigenvalue weighted by molar-refractivity contribution is 0.0960. The summed E-state index contributed by atoms with van der Waals surface area (Å²) in [7, 11) is 1.43. The molecule has 2 aromatic rings. The average Bonchev–Trinajstić information content (AvgIpc) is 2.49. The number of pyridine rings is 1. The molecule has 4 nitrogen and oxygen atoms in total. The van der Waals surface area contributed by atoms with Crippen molar-refractivity contribution in [1.29, 1.82) is 0 Å². The maximum Gasteiger partial charge on any atom is 0.213 e. The van der Waals surface area contributed by atoms with Crippen LogP contribution in [0.25, 0.3) is 0 Å². The van der Waals surface area contributed by atoms with Gasteiger partial charge in [-0.1, -0.05) is 6.07 Å². The number of ether oxygens (including phenoxy) is 1. The number of carbonyl (C=O) groups excluding carboxylic acids is 1. The van der Waals surface area contributed by atoms with Gasteiger partial charge < -0.3 is 10.5 Å². The molecular weight excluding hydrogens is 314 g/mol. The summed E-state index contributed by atoms with van der Waals surface area (Å²) in [5.41, 5.74) is 6.33. The van der Waals surface area contributed by atoms with E-state index < -0.39 is 17.7 Å². The van der Waals surface area contributed by atoms with Gasteiger partial charge in [0.15, 0.2) is 5.78 Å². The summed E-state index contributed by atoms with van der Waals surface area (Å²) in [4.78, 5) is 16.1. The van der Waals surface area contributed by atoms with Crippen molar-refractivity contribution < 1.29 is 18.3 Å². The summed E-state index contributed by atoms with van der Waals surface area (Å²) in [5, 5.41) is 0. The molecule has 7 heteroatoms. The van der Waals surface area contributed by atoms with Crippen molar-refractivity contribution in [3.63, 3.8) is 0 Å². The zero-order valence-electron chi connectivity index (χ0n) is 11.8. The quantitative estimate of drug-likeness (QED) is 0.857. The number of rotatable bonds is 5. The van der Waals surface area contributed by atoms with Crippen molar-refractivity contribution >= 4 is 18.2 Å². The fourth-order valence-electron chi connectivity index (χ4n) is 1.91. The van der Waals surface area contributed by atoms with Crippen LogP contribution in [0.4, 0.5) is 8.78 Å². The molecule has 0 bridgehead atoms. The Kier molecular flexibility index (Phi) is 6.39. The summed E-state index contributed by atoms with van der Waals surface area (Å²) < 4.78 is 31.3. The van der Waals surface area contributed by atoms with Gasteiger partial charge in [0.05, 0.1) is 13.2 Å². The number of benzene rings is 1. The van der Waals surface area contributed by atoms with Crippen LogP contribution in [0.3, 0.4) is 0 Å². The molecule has 0 unspecified atom stereocenters. The van der Waals surface area contributed by atoms with Gasteiger partial charge in [0.25, 0.3) is 0 Å². The van der Waals surface area contributed by atoms with E-state index in [1.807, 2.05) is 0 Å². The first-order valence-electron chi connectivity index (χ1n) is 6.25. The number of carbonyl (C=O) groups is 1. The minimum atomic E-state index is -0.933. The van der Waals surface area contributed by atoms with Crippen molar-refractivity contribution in [3.05, 3.63) is 59.3 Å². The number of ketones is 1. The summed E-state index contributed by atoms with van der Waals surface area (Å²) in [5.74, 6) is -1.46. The smallest absolute Gasteiger partial charge is 0.213 e. The van der Waals surface area contributed by atoms with Crippen molar-refractivity contribution in [2.75, 3.05) is 7.11 Å². The number of nitrogens with zero attached hydrogens (tertiary/aromatic N) is 1. The number of aromatic nitrogens is 1. The SMILES string of the molecule is COc1cc(C(=O)[C@@H](N)Cc2ccc(F)cc2F)ccn1.Cl. The highest BCUT2D eigenvalue weighted by Crippen LogP contribution is 2.15. The Morgan fingerprint density at radius 3 is 2.68 bits per heavy atom.